The number of amides is 1. The number of benzene rings is 2. The van der Waals surface area contributed by atoms with Gasteiger partial charge in [-0.25, -0.2) is 9.18 Å². The number of hydrogen-bond acceptors (Lipinski definition) is 3. The quantitative estimate of drug-likeness (QED) is 0.725. The van der Waals surface area contributed by atoms with Crippen LogP contribution in [0.3, 0.4) is 0 Å². The van der Waals surface area contributed by atoms with E-state index in [4.69, 9.17) is 4.74 Å². The second-order valence-electron chi connectivity index (χ2n) is 5.89. The molecule has 4 nitrogen and oxygen atoms in total. The number of nitrogens with zero attached hydrogens (tertiary/aromatic N) is 1. The minimum Gasteiger partial charge on any atom is -0.467 e. The zero-order chi connectivity index (χ0) is 18.0. The van der Waals surface area contributed by atoms with Gasteiger partial charge in [0, 0.05) is 10.9 Å². The van der Waals surface area contributed by atoms with Crippen molar-refractivity contribution >= 4 is 27.8 Å². The third-order valence-electron chi connectivity index (χ3n) is 4.34. The van der Waals surface area contributed by atoms with Gasteiger partial charge in [-0.1, -0.05) is 40.2 Å². The highest BCUT2D eigenvalue weighted by Gasteiger charge is 2.42. The van der Waals surface area contributed by atoms with E-state index in [1.54, 1.807) is 12.1 Å². The topological polar surface area (TPSA) is 46.6 Å². The van der Waals surface area contributed by atoms with Crippen LogP contribution < -0.4 is 0 Å². The molecule has 0 N–H and O–H groups in total. The lowest BCUT2D eigenvalue weighted by Gasteiger charge is -2.33. The van der Waals surface area contributed by atoms with Crippen LogP contribution in [0.25, 0.3) is 0 Å². The fraction of sp³-hybridized carbons (Fsp3) is 0.263. The lowest BCUT2D eigenvalue weighted by Crippen LogP contribution is -2.42. The highest BCUT2D eigenvalue weighted by Crippen LogP contribution is 2.36. The molecular weight excluding hydrogens is 389 g/mol. The first kappa shape index (κ1) is 17.6. The third kappa shape index (κ3) is 3.58. The molecule has 130 valence electrons. The Kier molecular flexibility index (Phi) is 5.18. The fourth-order valence-electron chi connectivity index (χ4n) is 3.26. The normalized spacial score (nSPS) is 18.3. The van der Waals surface area contributed by atoms with Crippen LogP contribution in [-0.2, 0) is 14.3 Å². The molecular formula is C19H17BrFNO3. The average molecular weight is 406 g/mol. The second kappa shape index (κ2) is 7.35. The number of esters is 1. The molecule has 25 heavy (non-hydrogen) atoms. The number of carbonyl (C=O) groups is 2. The monoisotopic (exact) mass is 405 g/mol. The van der Waals surface area contributed by atoms with E-state index < -0.39 is 23.9 Å². The highest BCUT2D eigenvalue weighted by atomic mass is 79.9. The molecule has 3 rings (SSSR count). The summed E-state index contributed by atoms with van der Waals surface area (Å²) in [7, 11) is 1.31. The van der Waals surface area contributed by atoms with E-state index in [0.717, 1.165) is 10.0 Å². The number of rotatable bonds is 4. The molecule has 1 amide bonds. The van der Waals surface area contributed by atoms with Crippen molar-refractivity contribution in [1.82, 2.24) is 4.90 Å². The predicted molar refractivity (Wildman–Crippen MR) is 94.3 cm³/mol. The molecule has 1 aliphatic rings. The second-order valence-corrected chi connectivity index (χ2v) is 6.81. The molecule has 0 aromatic heterocycles. The van der Waals surface area contributed by atoms with Crippen molar-refractivity contribution in [2.75, 3.05) is 7.11 Å². The van der Waals surface area contributed by atoms with Gasteiger partial charge in [0.15, 0.2) is 0 Å². The molecule has 2 unspecified atom stereocenters. The zero-order valence-electron chi connectivity index (χ0n) is 13.6. The Morgan fingerprint density at radius 2 is 1.92 bits per heavy atom. The van der Waals surface area contributed by atoms with E-state index in [2.05, 4.69) is 15.9 Å². The molecule has 2 aromatic carbocycles. The molecule has 1 fully saturated rings. The van der Waals surface area contributed by atoms with E-state index in [0.29, 0.717) is 12.0 Å². The number of methoxy groups -OCH3 is 1. The van der Waals surface area contributed by atoms with Gasteiger partial charge in [-0.3, -0.25) is 4.79 Å². The summed E-state index contributed by atoms with van der Waals surface area (Å²) in [6.07, 6.45) is 0.658. The van der Waals surface area contributed by atoms with Crippen molar-refractivity contribution in [1.29, 1.82) is 0 Å². The van der Waals surface area contributed by atoms with Crippen molar-refractivity contribution in [3.05, 3.63) is 69.9 Å². The Bertz CT molecular complexity index is 765. The summed E-state index contributed by atoms with van der Waals surface area (Å²) in [6.45, 7) is 0. The molecule has 1 saturated heterocycles. The molecule has 2 atom stereocenters. The maximum Gasteiger partial charge on any atom is 0.328 e. The van der Waals surface area contributed by atoms with Gasteiger partial charge in [-0.15, -0.1) is 0 Å². The maximum absolute atomic E-state index is 13.8. The predicted octanol–water partition coefficient (Wildman–Crippen LogP) is 3.84. The summed E-state index contributed by atoms with van der Waals surface area (Å²) in [5.74, 6) is -0.995. The van der Waals surface area contributed by atoms with Gasteiger partial charge in [0.2, 0.25) is 5.91 Å². The Hall–Kier alpha value is -2.21. The summed E-state index contributed by atoms with van der Waals surface area (Å²) >= 11 is 3.43. The van der Waals surface area contributed by atoms with Crippen molar-refractivity contribution < 1.29 is 18.7 Å². The molecule has 1 heterocycles. The van der Waals surface area contributed by atoms with Crippen LogP contribution in [0, 0.1) is 5.82 Å². The largest absolute Gasteiger partial charge is 0.467 e. The smallest absolute Gasteiger partial charge is 0.328 e. The van der Waals surface area contributed by atoms with Crippen molar-refractivity contribution in [3.63, 3.8) is 0 Å². The first-order valence-electron chi connectivity index (χ1n) is 7.91. The minimum atomic E-state index is -0.676. The number of hydrogen-bond donors (Lipinski definition) is 0. The van der Waals surface area contributed by atoms with Crippen LogP contribution in [0.1, 0.15) is 30.0 Å². The van der Waals surface area contributed by atoms with Crippen molar-refractivity contribution in [2.45, 2.75) is 24.9 Å². The molecule has 2 aromatic rings. The minimum absolute atomic E-state index is 0.148. The van der Waals surface area contributed by atoms with Gasteiger partial charge < -0.3 is 9.64 Å². The summed E-state index contributed by atoms with van der Waals surface area (Å²) in [4.78, 5) is 26.3. The Balaban J connectivity index is 2.13. The van der Waals surface area contributed by atoms with Gasteiger partial charge in [-0.2, -0.15) is 0 Å². The number of likely N-dealkylation sites (tertiary alicyclic amines) is 1. The molecule has 1 aliphatic heterocycles. The molecule has 0 spiro atoms. The fourth-order valence-corrected chi connectivity index (χ4v) is 3.68. The van der Waals surface area contributed by atoms with E-state index in [1.165, 1.54) is 24.1 Å². The van der Waals surface area contributed by atoms with Crippen LogP contribution in [0.2, 0.25) is 0 Å². The molecule has 0 radical (unpaired) electrons. The van der Waals surface area contributed by atoms with Gasteiger partial charge in [0.25, 0.3) is 0 Å². The Morgan fingerprint density at radius 3 is 2.56 bits per heavy atom. The van der Waals surface area contributed by atoms with Crippen molar-refractivity contribution in [3.8, 4) is 0 Å². The first-order chi connectivity index (χ1) is 12.0. The zero-order valence-corrected chi connectivity index (χ0v) is 15.2. The Labute approximate surface area is 153 Å². The lowest BCUT2D eigenvalue weighted by atomic mass is 9.96. The van der Waals surface area contributed by atoms with Crippen LogP contribution in [-0.4, -0.2) is 29.9 Å². The summed E-state index contributed by atoms with van der Waals surface area (Å²) < 4.78 is 19.5. The molecule has 0 bridgehead atoms. The average Bonchev–Trinajstić information content (AvgIpc) is 2.96. The van der Waals surface area contributed by atoms with Gasteiger partial charge >= 0.3 is 5.97 Å². The molecule has 0 aliphatic carbocycles. The SMILES string of the molecule is COC(=O)C1CCC(=O)N1C(c1cccc(F)c1)c1cccc(Br)c1. The van der Waals surface area contributed by atoms with E-state index in [-0.39, 0.29) is 12.3 Å². The number of halogens is 2. The molecule has 0 saturated carbocycles. The standard InChI is InChI=1S/C19H17BrFNO3/c1-25-19(24)16-8-9-17(23)22(16)18(12-4-2-6-14(20)10-12)13-5-3-7-15(21)11-13/h2-7,10-11,16,18H,8-9H2,1H3. The Morgan fingerprint density at radius 1 is 1.24 bits per heavy atom. The van der Waals surface area contributed by atoms with Crippen molar-refractivity contribution in [2.24, 2.45) is 0 Å². The highest BCUT2D eigenvalue weighted by molar-refractivity contribution is 9.10. The van der Waals surface area contributed by atoms with E-state index >= 15 is 0 Å². The summed E-state index contributed by atoms with van der Waals surface area (Å²) in [6, 6.07) is 12.3. The lowest BCUT2D eigenvalue weighted by molar-refractivity contribution is -0.150. The van der Waals surface area contributed by atoms with Gasteiger partial charge in [-0.05, 0) is 41.8 Å². The van der Waals surface area contributed by atoms with Crippen LogP contribution in [0.4, 0.5) is 4.39 Å². The van der Waals surface area contributed by atoms with Crippen LogP contribution in [0.15, 0.2) is 53.0 Å². The van der Waals surface area contributed by atoms with E-state index in [1.807, 2.05) is 24.3 Å². The third-order valence-corrected chi connectivity index (χ3v) is 4.83. The van der Waals surface area contributed by atoms with Gasteiger partial charge in [0.05, 0.1) is 13.2 Å². The number of ether oxygens (including phenoxy) is 1. The van der Waals surface area contributed by atoms with Crippen LogP contribution >= 0.6 is 15.9 Å². The number of carbonyl (C=O) groups excluding carboxylic acids is 2. The summed E-state index contributed by atoms with van der Waals surface area (Å²) in [5, 5.41) is 0. The molecule has 6 heteroatoms. The summed E-state index contributed by atoms with van der Waals surface area (Å²) in [5.41, 5.74) is 1.41. The maximum atomic E-state index is 13.8. The van der Waals surface area contributed by atoms with E-state index in [9.17, 15) is 14.0 Å². The van der Waals surface area contributed by atoms with Crippen LogP contribution in [0.5, 0.6) is 0 Å². The van der Waals surface area contributed by atoms with Gasteiger partial charge in [0.1, 0.15) is 11.9 Å². The first-order valence-corrected chi connectivity index (χ1v) is 8.70.